The van der Waals surface area contributed by atoms with Crippen molar-refractivity contribution in [3.05, 3.63) is 27.9 Å². The van der Waals surface area contributed by atoms with Crippen LogP contribution in [0.15, 0.2) is 22.2 Å². The lowest BCUT2D eigenvalue weighted by molar-refractivity contribution is -0.141. The van der Waals surface area contributed by atoms with Crippen LogP contribution < -0.4 is 5.32 Å². The third-order valence-electron chi connectivity index (χ3n) is 2.20. The number of carbonyl (C=O) groups excluding carboxylic acids is 2. The highest BCUT2D eigenvalue weighted by molar-refractivity contribution is 7.14. The van der Waals surface area contributed by atoms with E-state index < -0.39 is 5.97 Å². The summed E-state index contributed by atoms with van der Waals surface area (Å²) in [6, 6.07) is 1.95. The van der Waals surface area contributed by atoms with Gasteiger partial charge in [0.15, 0.2) is 0 Å². The molecule has 1 amide bonds. The van der Waals surface area contributed by atoms with E-state index in [1.807, 2.05) is 16.8 Å². The van der Waals surface area contributed by atoms with E-state index in [0.717, 1.165) is 10.6 Å². The third-order valence-corrected chi connectivity index (χ3v) is 3.78. The molecule has 19 heavy (non-hydrogen) atoms. The molecule has 0 saturated heterocycles. The highest BCUT2D eigenvalue weighted by Gasteiger charge is 2.13. The molecular weight excluding hydrogens is 284 g/mol. The Morgan fingerprint density at radius 1 is 1.42 bits per heavy atom. The van der Waals surface area contributed by atoms with Crippen LogP contribution >= 0.6 is 22.7 Å². The summed E-state index contributed by atoms with van der Waals surface area (Å²) in [7, 11) is 0. The molecule has 0 spiro atoms. The molecule has 0 aliphatic rings. The van der Waals surface area contributed by atoms with Crippen LogP contribution in [0.25, 0.3) is 10.6 Å². The average Bonchev–Trinajstić information content (AvgIpc) is 3.06. The van der Waals surface area contributed by atoms with Crippen molar-refractivity contribution in [1.29, 1.82) is 0 Å². The SMILES string of the molecule is CCOC(=O)CNC(=O)c1csc(-c2ccsc2)n1. The average molecular weight is 296 g/mol. The first-order chi connectivity index (χ1) is 9.20. The second-order valence-electron chi connectivity index (χ2n) is 3.54. The van der Waals surface area contributed by atoms with E-state index in [2.05, 4.69) is 10.3 Å². The standard InChI is InChI=1S/C12H12N2O3S2/c1-2-17-10(15)5-13-11(16)9-7-19-12(14-9)8-3-4-18-6-8/h3-4,6-7H,2,5H2,1H3,(H,13,16). The van der Waals surface area contributed by atoms with Crippen LogP contribution in [0.4, 0.5) is 0 Å². The Balaban J connectivity index is 1.95. The third kappa shape index (κ3) is 3.62. The number of nitrogens with zero attached hydrogens (tertiary/aromatic N) is 1. The van der Waals surface area contributed by atoms with Gasteiger partial charge in [-0.2, -0.15) is 11.3 Å². The Labute approximate surface area is 118 Å². The molecule has 0 radical (unpaired) electrons. The van der Waals surface area contributed by atoms with Gasteiger partial charge in [-0.05, 0) is 18.4 Å². The second kappa shape index (κ2) is 6.44. The van der Waals surface area contributed by atoms with E-state index in [4.69, 9.17) is 4.74 Å². The van der Waals surface area contributed by atoms with Crippen LogP contribution in [0.1, 0.15) is 17.4 Å². The Kier molecular flexibility index (Phi) is 4.64. The van der Waals surface area contributed by atoms with Crippen molar-refractivity contribution in [3.63, 3.8) is 0 Å². The molecule has 0 bridgehead atoms. The molecule has 100 valence electrons. The quantitative estimate of drug-likeness (QED) is 0.859. The van der Waals surface area contributed by atoms with Crippen molar-refractivity contribution < 1.29 is 14.3 Å². The number of nitrogens with one attached hydrogen (secondary N) is 1. The molecule has 0 aliphatic carbocycles. The summed E-state index contributed by atoms with van der Waals surface area (Å²) >= 11 is 2.98. The van der Waals surface area contributed by atoms with E-state index in [0.29, 0.717) is 12.3 Å². The molecule has 7 heteroatoms. The van der Waals surface area contributed by atoms with E-state index in [1.54, 1.807) is 23.6 Å². The fourth-order valence-electron chi connectivity index (χ4n) is 1.35. The molecule has 0 aliphatic heterocycles. The number of thiazole rings is 1. The van der Waals surface area contributed by atoms with E-state index in [1.165, 1.54) is 11.3 Å². The largest absolute Gasteiger partial charge is 0.465 e. The van der Waals surface area contributed by atoms with Crippen LogP contribution in [0.5, 0.6) is 0 Å². The minimum atomic E-state index is -0.455. The van der Waals surface area contributed by atoms with Crippen molar-refractivity contribution in [2.45, 2.75) is 6.92 Å². The Morgan fingerprint density at radius 3 is 2.95 bits per heavy atom. The van der Waals surface area contributed by atoms with Crippen molar-refractivity contribution in [2.75, 3.05) is 13.2 Å². The maximum Gasteiger partial charge on any atom is 0.325 e. The molecule has 0 fully saturated rings. The maximum absolute atomic E-state index is 11.8. The Bertz CT molecular complexity index is 563. The topological polar surface area (TPSA) is 68.3 Å². The smallest absolute Gasteiger partial charge is 0.325 e. The van der Waals surface area contributed by atoms with Gasteiger partial charge in [0.2, 0.25) is 0 Å². The van der Waals surface area contributed by atoms with Crippen molar-refractivity contribution in [1.82, 2.24) is 10.3 Å². The van der Waals surface area contributed by atoms with Gasteiger partial charge in [0.1, 0.15) is 17.2 Å². The number of ether oxygens (including phenoxy) is 1. The zero-order valence-corrected chi connectivity index (χ0v) is 11.8. The van der Waals surface area contributed by atoms with Gasteiger partial charge >= 0.3 is 5.97 Å². The van der Waals surface area contributed by atoms with Gasteiger partial charge < -0.3 is 10.1 Å². The molecule has 1 N–H and O–H groups in total. The zero-order valence-electron chi connectivity index (χ0n) is 10.2. The van der Waals surface area contributed by atoms with Crippen LogP contribution in [-0.4, -0.2) is 30.0 Å². The minimum absolute atomic E-state index is 0.141. The van der Waals surface area contributed by atoms with Crippen molar-refractivity contribution >= 4 is 34.6 Å². The zero-order chi connectivity index (χ0) is 13.7. The Morgan fingerprint density at radius 2 is 2.26 bits per heavy atom. The number of amides is 1. The van der Waals surface area contributed by atoms with Gasteiger partial charge in [0.25, 0.3) is 5.91 Å². The molecule has 2 aromatic rings. The summed E-state index contributed by atoms with van der Waals surface area (Å²) in [6.07, 6.45) is 0. The second-order valence-corrected chi connectivity index (χ2v) is 5.18. The van der Waals surface area contributed by atoms with Crippen LogP contribution in [-0.2, 0) is 9.53 Å². The van der Waals surface area contributed by atoms with Crippen molar-refractivity contribution in [3.8, 4) is 10.6 Å². The highest BCUT2D eigenvalue weighted by atomic mass is 32.1. The van der Waals surface area contributed by atoms with Gasteiger partial charge in [0, 0.05) is 16.3 Å². The lowest BCUT2D eigenvalue weighted by Crippen LogP contribution is -2.30. The summed E-state index contributed by atoms with van der Waals surface area (Å²) < 4.78 is 4.72. The van der Waals surface area contributed by atoms with Gasteiger partial charge in [0.05, 0.1) is 6.61 Å². The van der Waals surface area contributed by atoms with Gasteiger partial charge in [-0.15, -0.1) is 11.3 Å². The van der Waals surface area contributed by atoms with Gasteiger partial charge in [-0.3, -0.25) is 9.59 Å². The van der Waals surface area contributed by atoms with Crippen molar-refractivity contribution in [2.24, 2.45) is 0 Å². The normalized spacial score (nSPS) is 10.2. The number of carbonyl (C=O) groups is 2. The Hall–Kier alpha value is -1.73. The maximum atomic E-state index is 11.8. The number of hydrogen-bond acceptors (Lipinski definition) is 6. The predicted octanol–water partition coefficient (Wildman–Crippen LogP) is 2.16. The molecule has 5 nitrogen and oxygen atoms in total. The number of thiophene rings is 1. The van der Waals surface area contributed by atoms with Gasteiger partial charge in [-0.25, -0.2) is 4.98 Å². The lowest BCUT2D eigenvalue weighted by Gasteiger charge is -2.02. The molecule has 2 aromatic heterocycles. The summed E-state index contributed by atoms with van der Waals surface area (Å²) in [5, 5.41) is 8.87. The highest BCUT2D eigenvalue weighted by Crippen LogP contribution is 2.25. The van der Waals surface area contributed by atoms with E-state index in [9.17, 15) is 9.59 Å². The molecule has 0 unspecified atom stereocenters. The summed E-state index contributed by atoms with van der Waals surface area (Å²) in [6.45, 7) is 1.87. The van der Waals surface area contributed by atoms with Crippen LogP contribution in [0.3, 0.4) is 0 Å². The number of hydrogen-bond donors (Lipinski definition) is 1. The van der Waals surface area contributed by atoms with E-state index in [-0.39, 0.29) is 12.5 Å². The summed E-state index contributed by atoms with van der Waals surface area (Å²) in [4.78, 5) is 27.1. The minimum Gasteiger partial charge on any atom is -0.465 e. The summed E-state index contributed by atoms with van der Waals surface area (Å²) in [5.41, 5.74) is 1.31. The molecule has 2 heterocycles. The predicted molar refractivity (Wildman–Crippen MR) is 74.4 cm³/mol. The monoisotopic (exact) mass is 296 g/mol. The fraction of sp³-hybridized carbons (Fsp3) is 0.250. The summed E-state index contributed by atoms with van der Waals surface area (Å²) in [5.74, 6) is -0.824. The first-order valence-corrected chi connectivity index (χ1v) is 7.45. The molecule has 0 aromatic carbocycles. The fourth-order valence-corrected chi connectivity index (χ4v) is 2.86. The lowest BCUT2D eigenvalue weighted by atomic mass is 10.3. The first-order valence-electron chi connectivity index (χ1n) is 5.62. The van der Waals surface area contributed by atoms with Crippen LogP contribution in [0, 0.1) is 0 Å². The molecule has 0 atom stereocenters. The number of rotatable bonds is 5. The molecule has 0 saturated carbocycles. The first kappa shape index (κ1) is 13.7. The van der Waals surface area contributed by atoms with Crippen LogP contribution in [0.2, 0.25) is 0 Å². The van der Waals surface area contributed by atoms with Gasteiger partial charge in [-0.1, -0.05) is 0 Å². The van der Waals surface area contributed by atoms with E-state index >= 15 is 0 Å². The number of esters is 1. The molecule has 2 rings (SSSR count). The number of aromatic nitrogens is 1. The molecular formula is C12H12N2O3S2.